The highest BCUT2D eigenvalue weighted by Crippen LogP contribution is 2.31. The number of rotatable bonds is 11. The maximum atomic E-state index is 14.7. The average Bonchev–Trinajstić information content (AvgIpc) is 3.53. The van der Waals surface area contributed by atoms with E-state index in [2.05, 4.69) is 19.2 Å². The Morgan fingerprint density at radius 3 is 2.40 bits per heavy atom. The van der Waals surface area contributed by atoms with Crippen LogP contribution in [0.4, 0.5) is 0 Å². The number of methoxy groups -OCH3 is 1. The lowest BCUT2D eigenvalue weighted by atomic mass is 10.0. The molecule has 3 heterocycles. The van der Waals surface area contributed by atoms with Crippen molar-refractivity contribution in [2.75, 3.05) is 46.5 Å². The van der Waals surface area contributed by atoms with E-state index in [-0.39, 0.29) is 18.1 Å². The van der Waals surface area contributed by atoms with Gasteiger partial charge in [0.1, 0.15) is 5.01 Å². The van der Waals surface area contributed by atoms with Gasteiger partial charge in [0.15, 0.2) is 0 Å². The van der Waals surface area contributed by atoms with Gasteiger partial charge in [0.05, 0.1) is 48.0 Å². The van der Waals surface area contributed by atoms with E-state index in [4.69, 9.17) is 26.1 Å². The maximum absolute atomic E-state index is 14.7. The number of nitrogens with one attached hydrogen (secondary N) is 1. The van der Waals surface area contributed by atoms with E-state index < -0.39 is 0 Å². The smallest absolute Gasteiger partial charge is 0.265 e. The third kappa shape index (κ3) is 6.76. The van der Waals surface area contributed by atoms with Gasteiger partial charge in [-0.1, -0.05) is 55.8 Å². The van der Waals surface area contributed by atoms with Crippen LogP contribution in [-0.2, 0) is 28.9 Å². The molecule has 0 atom stereocenters. The van der Waals surface area contributed by atoms with Gasteiger partial charge in [-0.25, -0.2) is 4.98 Å². The Hall–Kier alpha value is -3.34. The molecule has 1 aliphatic rings. The fraction of sp³-hybridized carbons (Fsp3) is 0.364. The Labute approximate surface area is 261 Å². The normalized spacial score (nSPS) is 13.4. The highest BCUT2D eigenvalue weighted by Gasteiger charge is 2.28. The molecule has 0 unspecified atom stereocenters. The van der Waals surface area contributed by atoms with E-state index in [0.717, 1.165) is 40.9 Å². The molecule has 0 bridgehead atoms. The first-order valence-electron chi connectivity index (χ1n) is 14.6. The summed E-state index contributed by atoms with van der Waals surface area (Å²) in [7, 11) is 1.62. The van der Waals surface area contributed by atoms with Gasteiger partial charge in [0.25, 0.3) is 11.5 Å². The minimum Gasteiger partial charge on any atom is -0.382 e. The van der Waals surface area contributed by atoms with Crippen molar-refractivity contribution < 1.29 is 14.3 Å². The van der Waals surface area contributed by atoms with Crippen molar-refractivity contribution in [1.29, 1.82) is 0 Å². The minimum absolute atomic E-state index is 0.0845. The number of thiazole rings is 1. The first-order valence-corrected chi connectivity index (χ1v) is 15.9. The van der Waals surface area contributed by atoms with Gasteiger partial charge >= 0.3 is 0 Å². The summed E-state index contributed by atoms with van der Waals surface area (Å²) in [5, 5.41) is 6.44. The lowest BCUT2D eigenvalue weighted by Gasteiger charge is -2.29. The topological polar surface area (TPSA) is 85.7 Å². The zero-order valence-corrected chi connectivity index (χ0v) is 26.4. The van der Waals surface area contributed by atoms with Crippen LogP contribution in [0.15, 0.2) is 58.7 Å². The molecule has 226 valence electrons. The summed E-state index contributed by atoms with van der Waals surface area (Å²) in [6, 6.07) is 15.3. The van der Waals surface area contributed by atoms with Crippen molar-refractivity contribution in [3.63, 3.8) is 0 Å². The Balaban J connectivity index is 1.76. The first kappa shape index (κ1) is 31.1. The number of halogens is 1. The lowest BCUT2D eigenvalue weighted by Crippen LogP contribution is -2.47. The molecule has 2 aromatic carbocycles. The van der Waals surface area contributed by atoms with Gasteiger partial charge in [-0.3, -0.25) is 14.2 Å². The summed E-state index contributed by atoms with van der Waals surface area (Å²) in [6.07, 6.45) is 1.45. The molecule has 8 nitrogen and oxygen atoms in total. The highest BCUT2D eigenvalue weighted by molar-refractivity contribution is 7.13. The molecule has 4 aromatic rings. The molecule has 1 aliphatic heterocycles. The number of amides is 1. The van der Waals surface area contributed by atoms with E-state index >= 15 is 0 Å². The summed E-state index contributed by atoms with van der Waals surface area (Å²) in [5.74, 6) is -0.122. The second kappa shape index (κ2) is 14.4. The number of aromatic nitrogens is 2. The number of pyridine rings is 1. The second-order valence-corrected chi connectivity index (χ2v) is 11.6. The van der Waals surface area contributed by atoms with Gasteiger partial charge in [0, 0.05) is 49.3 Å². The van der Waals surface area contributed by atoms with Gasteiger partial charge in [0.2, 0.25) is 0 Å². The number of piperazine rings is 1. The first-order chi connectivity index (χ1) is 21.0. The van der Waals surface area contributed by atoms with Crippen molar-refractivity contribution in [3.8, 4) is 27.5 Å². The largest absolute Gasteiger partial charge is 0.382 e. The van der Waals surface area contributed by atoms with Crippen LogP contribution in [0.5, 0.6) is 0 Å². The summed E-state index contributed by atoms with van der Waals surface area (Å²) < 4.78 is 12.9. The van der Waals surface area contributed by atoms with Gasteiger partial charge in [-0.2, -0.15) is 0 Å². The molecule has 0 radical (unpaired) electrons. The zero-order chi connectivity index (χ0) is 30.3. The lowest BCUT2D eigenvalue weighted by molar-refractivity contribution is 0.0574. The van der Waals surface area contributed by atoms with E-state index in [9.17, 15) is 9.59 Å². The summed E-state index contributed by atoms with van der Waals surface area (Å²) in [6.45, 7) is 7.58. The van der Waals surface area contributed by atoms with Gasteiger partial charge in [-0.05, 0) is 42.2 Å². The number of carbonyl (C=O) groups is 1. The Bertz CT molecular complexity index is 1600. The Morgan fingerprint density at radius 2 is 1.74 bits per heavy atom. The highest BCUT2D eigenvalue weighted by atomic mass is 35.5. The third-order valence-corrected chi connectivity index (χ3v) is 8.80. The monoisotopic (exact) mass is 620 g/mol. The van der Waals surface area contributed by atoms with Gasteiger partial charge < -0.3 is 19.7 Å². The molecule has 1 N–H and O–H groups in total. The molecular weight excluding hydrogens is 584 g/mol. The Morgan fingerprint density at radius 1 is 1.05 bits per heavy atom. The number of hydrogen-bond acceptors (Lipinski definition) is 7. The number of nitrogens with zero attached hydrogens (tertiary/aromatic N) is 3. The molecule has 43 heavy (non-hydrogen) atoms. The molecule has 1 saturated heterocycles. The minimum atomic E-state index is -0.227. The van der Waals surface area contributed by atoms with Gasteiger partial charge in [-0.15, -0.1) is 11.3 Å². The fourth-order valence-corrected chi connectivity index (χ4v) is 6.33. The third-order valence-electron chi connectivity index (χ3n) is 7.67. The quantitative estimate of drug-likeness (QED) is 0.219. The molecule has 0 saturated carbocycles. The van der Waals surface area contributed by atoms with Crippen LogP contribution in [0.25, 0.3) is 27.5 Å². The van der Waals surface area contributed by atoms with Crippen LogP contribution in [-0.4, -0.2) is 66.9 Å². The standard InChI is InChI=1S/C33H37ClN4O4S/c1-4-22-7-6-8-23(5-2)30(22)38-29(20-42-18-17-41-3)26(32(39)37-15-13-35-14-16-37)19-27(33(38)40)31-36-28(21-43-31)24-9-11-25(34)12-10-24/h6-12,19,21,35H,4-5,13-18,20H2,1-3H3. The number of benzene rings is 2. The van der Waals surface area contributed by atoms with Crippen molar-refractivity contribution in [2.24, 2.45) is 0 Å². The number of hydrogen-bond donors (Lipinski definition) is 1. The van der Waals surface area contributed by atoms with Crippen LogP contribution >= 0.6 is 22.9 Å². The van der Waals surface area contributed by atoms with Crippen molar-refractivity contribution in [3.05, 3.63) is 91.7 Å². The van der Waals surface area contributed by atoms with Crippen molar-refractivity contribution >= 4 is 28.8 Å². The SMILES string of the molecule is CCc1cccc(CC)c1-n1c(COCCOC)c(C(=O)N2CCNCC2)cc(-c2nc(-c3ccc(Cl)cc3)cs2)c1=O. The maximum Gasteiger partial charge on any atom is 0.265 e. The molecule has 1 amide bonds. The van der Waals surface area contributed by atoms with Crippen molar-refractivity contribution in [2.45, 2.75) is 33.3 Å². The number of ether oxygens (including phenoxy) is 2. The summed E-state index contributed by atoms with van der Waals surface area (Å²) >= 11 is 7.49. The molecule has 0 aliphatic carbocycles. The molecule has 10 heteroatoms. The fourth-order valence-electron chi connectivity index (χ4n) is 5.37. The van der Waals surface area contributed by atoms with Crippen LogP contribution < -0.4 is 10.9 Å². The van der Waals surface area contributed by atoms with Crippen LogP contribution in [0.2, 0.25) is 5.02 Å². The number of aryl methyl sites for hydroxylation is 2. The van der Waals surface area contributed by atoms with Crippen LogP contribution in [0.1, 0.15) is 41.0 Å². The second-order valence-electron chi connectivity index (χ2n) is 10.3. The van der Waals surface area contributed by atoms with E-state index in [1.807, 2.05) is 52.7 Å². The van der Waals surface area contributed by atoms with Crippen molar-refractivity contribution in [1.82, 2.24) is 19.8 Å². The van der Waals surface area contributed by atoms with E-state index in [0.29, 0.717) is 66.2 Å². The van der Waals surface area contributed by atoms with E-state index in [1.54, 1.807) is 17.7 Å². The predicted molar refractivity (Wildman–Crippen MR) is 173 cm³/mol. The van der Waals surface area contributed by atoms with Crippen LogP contribution in [0.3, 0.4) is 0 Å². The molecule has 2 aromatic heterocycles. The Kier molecular flexibility index (Phi) is 10.4. The predicted octanol–water partition coefficient (Wildman–Crippen LogP) is 5.61. The average molecular weight is 621 g/mol. The zero-order valence-electron chi connectivity index (χ0n) is 24.8. The number of carbonyl (C=O) groups excluding carboxylic acids is 1. The number of para-hydroxylation sites is 1. The summed E-state index contributed by atoms with van der Waals surface area (Å²) in [5.41, 5.74) is 5.66. The molecule has 5 rings (SSSR count). The molecule has 0 spiro atoms. The van der Waals surface area contributed by atoms with Crippen LogP contribution in [0, 0.1) is 0 Å². The molecule has 1 fully saturated rings. The molecular formula is C33H37ClN4O4S. The van der Waals surface area contributed by atoms with E-state index in [1.165, 1.54) is 11.3 Å². The summed E-state index contributed by atoms with van der Waals surface area (Å²) in [4.78, 5) is 35.6.